The van der Waals surface area contributed by atoms with Crippen molar-refractivity contribution in [2.75, 3.05) is 19.8 Å². The summed E-state index contributed by atoms with van der Waals surface area (Å²) >= 11 is 0. The van der Waals surface area contributed by atoms with Crippen LogP contribution < -0.4 is 14.9 Å². The second-order valence-corrected chi connectivity index (χ2v) is 8.75. The van der Waals surface area contributed by atoms with Gasteiger partial charge in [0.25, 0.3) is 0 Å². The molecule has 3 heterocycles. The summed E-state index contributed by atoms with van der Waals surface area (Å²) in [6.45, 7) is 6.77. The van der Waals surface area contributed by atoms with Crippen LogP contribution in [-0.2, 0) is 13.0 Å². The summed E-state index contributed by atoms with van der Waals surface area (Å²) in [7, 11) is 0. The van der Waals surface area contributed by atoms with Gasteiger partial charge < -0.3 is 19.0 Å². The molecule has 0 spiro atoms. The molecule has 0 amide bonds. The van der Waals surface area contributed by atoms with E-state index in [2.05, 4.69) is 11.8 Å². The number of benzene rings is 2. The predicted molar refractivity (Wildman–Crippen MR) is 124 cm³/mol. The highest BCUT2D eigenvalue weighted by Crippen LogP contribution is 2.36. The summed E-state index contributed by atoms with van der Waals surface area (Å²) < 4.78 is 17.3. The zero-order valence-electron chi connectivity index (χ0n) is 18.6. The molecule has 2 aromatic carbocycles. The molecule has 2 aliphatic rings. The quantitative estimate of drug-likeness (QED) is 0.630. The minimum atomic E-state index is -0.106. The number of phenolic OH excluding ortho intramolecular Hbond substituents is 1. The van der Waals surface area contributed by atoms with E-state index in [9.17, 15) is 9.90 Å². The number of hydrogen-bond donors (Lipinski definition) is 1. The largest absolute Gasteiger partial charge is 0.507 e. The number of aryl methyl sites for hydroxylation is 1. The molecule has 2 aliphatic heterocycles. The first kappa shape index (κ1) is 20.9. The molecule has 0 radical (unpaired) electrons. The second kappa shape index (κ2) is 8.51. The molecule has 6 nitrogen and oxygen atoms in total. The second-order valence-electron chi connectivity index (χ2n) is 8.75. The molecular formula is C26H29NO5. The molecule has 1 N–H and O–H groups in total. The summed E-state index contributed by atoms with van der Waals surface area (Å²) in [6.07, 6.45) is 5.66. The van der Waals surface area contributed by atoms with Gasteiger partial charge in [-0.15, -0.1) is 0 Å². The average Bonchev–Trinajstić information content (AvgIpc) is 2.82. The van der Waals surface area contributed by atoms with Crippen molar-refractivity contribution in [1.82, 2.24) is 4.90 Å². The first-order valence-electron chi connectivity index (χ1n) is 11.5. The zero-order valence-corrected chi connectivity index (χ0v) is 18.6. The van der Waals surface area contributed by atoms with Crippen LogP contribution in [0, 0.1) is 0 Å². The Morgan fingerprint density at radius 2 is 1.94 bits per heavy atom. The van der Waals surface area contributed by atoms with E-state index in [1.807, 2.05) is 25.1 Å². The van der Waals surface area contributed by atoms with E-state index < -0.39 is 0 Å². The summed E-state index contributed by atoms with van der Waals surface area (Å²) in [5, 5.41) is 11.5. The Balaban J connectivity index is 1.62. The van der Waals surface area contributed by atoms with Crippen molar-refractivity contribution >= 4 is 11.0 Å². The maximum atomic E-state index is 13.6. The fourth-order valence-corrected chi connectivity index (χ4v) is 4.81. The van der Waals surface area contributed by atoms with Gasteiger partial charge in [0.1, 0.15) is 30.8 Å². The third kappa shape index (κ3) is 3.62. The number of rotatable bonds is 4. The standard InChI is InChI=1S/C26H29NO5/c1-3-17-12-19-25(29)21(18-7-8-22-23(13-18)31-11-10-30-22)15-32-26(19)20(24(17)28)14-27-9-5-4-6-16(27)2/h7-8,12-13,15-16,28H,3-6,9-11,14H2,1-2H3/t16-/m1/s1. The van der Waals surface area contributed by atoms with Crippen LogP contribution in [-0.4, -0.2) is 35.8 Å². The number of piperidine rings is 1. The summed E-state index contributed by atoms with van der Waals surface area (Å²) in [5.74, 6) is 1.56. The van der Waals surface area contributed by atoms with Gasteiger partial charge in [-0.05, 0) is 62.1 Å². The summed E-state index contributed by atoms with van der Waals surface area (Å²) in [6, 6.07) is 7.71. The van der Waals surface area contributed by atoms with Crippen LogP contribution in [0.4, 0.5) is 0 Å². The lowest BCUT2D eigenvalue weighted by Crippen LogP contribution is -2.36. The fraction of sp³-hybridized carbons (Fsp3) is 0.423. The molecule has 0 bridgehead atoms. The monoisotopic (exact) mass is 435 g/mol. The third-order valence-electron chi connectivity index (χ3n) is 6.75. The Morgan fingerprint density at radius 3 is 2.72 bits per heavy atom. The van der Waals surface area contributed by atoms with E-state index in [0.717, 1.165) is 30.5 Å². The van der Waals surface area contributed by atoms with Crippen LogP contribution in [0.25, 0.3) is 22.1 Å². The SMILES string of the molecule is CCc1cc2c(=O)c(-c3ccc4c(c3)OCCO4)coc2c(CN2CCCC[C@H]2C)c1O. The molecule has 1 saturated heterocycles. The van der Waals surface area contributed by atoms with Crippen molar-refractivity contribution < 1.29 is 19.0 Å². The van der Waals surface area contributed by atoms with Gasteiger partial charge in [0, 0.05) is 12.6 Å². The lowest BCUT2D eigenvalue weighted by Gasteiger charge is -2.33. The Bertz CT molecular complexity index is 1220. The third-order valence-corrected chi connectivity index (χ3v) is 6.75. The van der Waals surface area contributed by atoms with Gasteiger partial charge in [-0.1, -0.05) is 19.4 Å². The Kier molecular flexibility index (Phi) is 5.55. The predicted octanol–water partition coefficient (Wildman–Crippen LogP) is 4.87. The molecule has 32 heavy (non-hydrogen) atoms. The van der Waals surface area contributed by atoms with Crippen LogP contribution >= 0.6 is 0 Å². The van der Waals surface area contributed by atoms with Crippen LogP contribution in [0.15, 0.2) is 39.7 Å². The summed E-state index contributed by atoms with van der Waals surface area (Å²) in [4.78, 5) is 15.9. The lowest BCUT2D eigenvalue weighted by atomic mass is 9.97. The van der Waals surface area contributed by atoms with E-state index in [-0.39, 0.29) is 11.2 Å². The molecule has 5 rings (SSSR count). The van der Waals surface area contributed by atoms with Crippen molar-refractivity contribution in [3.05, 3.63) is 51.9 Å². The van der Waals surface area contributed by atoms with Crippen molar-refractivity contribution in [2.24, 2.45) is 0 Å². The van der Waals surface area contributed by atoms with Crippen molar-refractivity contribution in [3.63, 3.8) is 0 Å². The van der Waals surface area contributed by atoms with Gasteiger partial charge in [0.05, 0.1) is 16.5 Å². The smallest absolute Gasteiger partial charge is 0.200 e. The molecule has 1 atom stereocenters. The molecule has 0 aliphatic carbocycles. The molecule has 1 aromatic heterocycles. The Morgan fingerprint density at radius 1 is 1.12 bits per heavy atom. The minimum absolute atomic E-state index is 0.106. The molecule has 6 heteroatoms. The van der Waals surface area contributed by atoms with Gasteiger partial charge in [-0.3, -0.25) is 9.69 Å². The van der Waals surface area contributed by atoms with Crippen LogP contribution in [0.5, 0.6) is 17.2 Å². The number of likely N-dealkylation sites (tertiary alicyclic amines) is 1. The van der Waals surface area contributed by atoms with Gasteiger partial charge in [0.2, 0.25) is 5.43 Å². The first-order valence-corrected chi connectivity index (χ1v) is 11.5. The Hall–Kier alpha value is -2.99. The van der Waals surface area contributed by atoms with Gasteiger partial charge >= 0.3 is 0 Å². The van der Waals surface area contributed by atoms with Gasteiger partial charge in [0.15, 0.2) is 11.5 Å². The van der Waals surface area contributed by atoms with Crippen LogP contribution in [0.3, 0.4) is 0 Å². The topological polar surface area (TPSA) is 72.1 Å². The van der Waals surface area contributed by atoms with Crippen LogP contribution in [0.2, 0.25) is 0 Å². The fourth-order valence-electron chi connectivity index (χ4n) is 4.81. The maximum absolute atomic E-state index is 13.6. The molecule has 0 unspecified atom stereocenters. The number of ether oxygens (including phenoxy) is 2. The molecule has 3 aromatic rings. The van der Waals surface area contributed by atoms with E-state index in [1.54, 1.807) is 6.07 Å². The molecular weight excluding hydrogens is 406 g/mol. The number of phenols is 1. The van der Waals surface area contributed by atoms with Gasteiger partial charge in [-0.2, -0.15) is 0 Å². The van der Waals surface area contributed by atoms with E-state index in [1.165, 1.54) is 12.7 Å². The molecule has 168 valence electrons. The zero-order chi connectivity index (χ0) is 22.2. The first-order chi connectivity index (χ1) is 15.6. The molecule has 0 saturated carbocycles. The number of fused-ring (bicyclic) bond motifs is 2. The number of hydrogen-bond acceptors (Lipinski definition) is 6. The average molecular weight is 436 g/mol. The highest BCUT2D eigenvalue weighted by Gasteiger charge is 2.24. The maximum Gasteiger partial charge on any atom is 0.200 e. The van der Waals surface area contributed by atoms with Gasteiger partial charge in [-0.25, -0.2) is 0 Å². The van der Waals surface area contributed by atoms with Crippen molar-refractivity contribution in [3.8, 4) is 28.4 Å². The highest BCUT2D eigenvalue weighted by molar-refractivity contribution is 5.87. The molecule has 1 fully saturated rings. The van der Waals surface area contributed by atoms with Crippen LogP contribution in [0.1, 0.15) is 44.2 Å². The lowest BCUT2D eigenvalue weighted by molar-refractivity contribution is 0.151. The normalized spacial score (nSPS) is 18.8. The minimum Gasteiger partial charge on any atom is -0.507 e. The van der Waals surface area contributed by atoms with Crippen molar-refractivity contribution in [2.45, 2.75) is 52.1 Å². The highest BCUT2D eigenvalue weighted by atomic mass is 16.6. The number of aromatic hydroxyl groups is 1. The summed E-state index contributed by atoms with van der Waals surface area (Å²) in [5.41, 5.74) is 3.04. The number of nitrogens with zero attached hydrogens (tertiary/aromatic N) is 1. The van der Waals surface area contributed by atoms with E-state index >= 15 is 0 Å². The van der Waals surface area contributed by atoms with E-state index in [0.29, 0.717) is 65.8 Å². The Labute approximate surface area is 187 Å². The van der Waals surface area contributed by atoms with Crippen molar-refractivity contribution in [1.29, 1.82) is 0 Å². The van der Waals surface area contributed by atoms with E-state index in [4.69, 9.17) is 13.9 Å².